The number of ether oxygens (including phenoxy) is 2. The van der Waals surface area contributed by atoms with Crippen LogP contribution in [0.2, 0.25) is 5.02 Å². The van der Waals surface area contributed by atoms with Crippen molar-refractivity contribution >= 4 is 40.2 Å². The average Bonchev–Trinajstić information content (AvgIpc) is 3.44. The summed E-state index contributed by atoms with van der Waals surface area (Å²) in [5.41, 5.74) is 2.27. The Hall–Kier alpha value is -3.49. The van der Waals surface area contributed by atoms with E-state index in [-0.39, 0.29) is 17.5 Å². The molecular formula is C29H28ClN3O4S. The molecule has 0 spiro atoms. The van der Waals surface area contributed by atoms with Gasteiger partial charge in [-0.25, -0.2) is 4.98 Å². The van der Waals surface area contributed by atoms with Crippen LogP contribution in [-0.4, -0.2) is 35.7 Å². The SMILES string of the molecule is COc1cc(OC)cc(-n2c(SCc3cccc(Cl)c3)nc3cc(C(=O)NC4CCCC4)ccc3c2=O)c1. The summed E-state index contributed by atoms with van der Waals surface area (Å²) in [6, 6.07) is 18.1. The summed E-state index contributed by atoms with van der Waals surface area (Å²) in [6.07, 6.45) is 4.26. The zero-order valence-corrected chi connectivity index (χ0v) is 22.8. The van der Waals surface area contributed by atoms with Crippen LogP contribution in [0.25, 0.3) is 16.6 Å². The minimum Gasteiger partial charge on any atom is -0.497 e. The lowest BCUT2D eigenvalue weighted by molar-refractivity contribution is 0.0938. The fraction of sp³-hybridized carbons (Fsp3) is 0.276. The van der Waals surface area contributed by atoms with Crippen LogP contribution in [0.5, 0.6) is 11.5 Å². The van der Waals surface area contributed by atoms with Crippen LogP contribution in [0.1, 0.15) is 41.6 Å². The van der Waals surface area contributed by atoms with Gasteiger partial charge in [0.05, 0.1) is 30.8 Å². The molecule has 4 aromatic rings. The number of aromatic nitrogens is 2. The van der Waals surface area contributed by atoms with Crippen molar-refractivity contribution in [2.45, 2.75) is 42.6 Å². The Kier molecular flexibility index (Phi) is 7.90. The molecule has 7 nitrogen and oxygen atoms in total. The number of hydrogen-bond acceptors (Lipinski definition) is 6. The third-order valence-electron chi connectivity index (χ3n) is 6.64. The van der Waals surface area contributed by atoms with Gasteiger partial charge in [0, 0.05) is 40.6 Å². The van der Waals surface area contributed by atoms with Crippen LogP contribution < -0.4 is 20.3 Å². The van der Waals surface area contributed by atoms with Crippen molar-refractivity contribution in [3.8, 4) is 17.2 Å². The summed E-state index contributed by atoms with van der Waals surface area (Å²) in [4.78, 5) is 31.7. The third kappa shape index (κ3) is 5.66. The Balaban J connectivity index is 1.60. The fourth-order valence-corrected chi connectivity index (χ4v) is 5.83. The molecule has 1 N–H and O–H groups in total. The Morgan fingerprint density at radius 2 is 1.79 bits per heavy atom. The van der Waals surface area contributed by atoms with Crippen LogP contribution >= 0.6 is 23.4 Å². The highest BCUT2D eigenvalue weighted by atomic mass is 35.5. The number of hydrogen-bond donors (Lipinski definition) is 1. The van der Waals surface area contributed by atoms with Crippen molar-refractivity contribution in [2.75, 3.05) is 14.2 Å². The van der Waals surface area contributed by atoms with E-state index in [1.807, 2.05) is 24.3 Å². The van der Waals surface area contributed by atoms with Gasteiger partial charge in [0.1, 0.15) is 11.5 Å². The third-order valence-corrected chi connectivity index (χ3v) is 7.89. The van der Waals surface area contributed by atoms with E-state index in [0.717, 1.165) is 31.2 Å². The molecule has 1 saturated carbocycles. The van der Waals surface area contributed by atoms with Gasteiger partial charge in [-0.1, -0.05) is 48.3 Å². The lowest BCUT2D eigenvalue weighted by Crippen LogP contribution is -2.32. The maximum Gasteiger partial charge on any atom is 0.266 e. The van der Waals surface area contributed by atoms with Crippen LogP contribution in [0, 0.1) is 0 Å². The molecule has 0 saturated heterocycles. The number of methoxy groups -OCH3 is 2. The fourth-order valence-electron chi connectivity index (χ4n) is 4.67. The van der Waals surface area contributed by atoms with Gasteiger partial charge in [0.25, 0.3) is 11.5 Å². The highest BCUT2D eigenvalue weighted by molar-refractivity contribution is 7.98. The second kappa shape index (κ2) is 11.5. The molecule has 1 aliphatic carbocycles. The van der Waals surface area contributed by atoms with E-state index < -0.39 is 0 Å². The van der Waals surface area contributed by atoms with Gasteiger partial charge in [0.15, 0.2) is 5.16 Å². The van der Waals surface area contributed by atoms with Crippen molar-refractivity contribution in [3.63, 3.8) is 0 Å². The number of carbonyl (C=O) groups is 1. The van der Waals surface area contributed by atoms with E-state index in [4.69, 9.17) is 26.1 Å². The Bertz CT molecular complexity index is 1530. The van der Waals surface area contributed by atoms with Crippen LogP contribution in [0.4, 0.5) is 0 Å². The lowest BCUT2D eigenvalue weighted by atomic mass is 10.1. The van der Waals surface area contributed by atoms with E-state index in [0.29, 0.717) is 49.6 Å². The topological polar surface area (TPSA) is 82.4 Å². The molecule has 1 aliphatic rings. The standard InChI is InChI=1S/C29H28ClN3O4S/c1-36-23-14-22(15-24(16-23)37-2)33-28(35)25-11-10-19(27(34)31-21-8-3-4-9-21)13-26(25)32-29(33)38-17-18-6-5-7-20(30)12-18/h5-7,10-16,21H,3-4,8-9,17H2,1-2H3,(H,31,34). The number of fused-ring (bicyclic) bond motifs is 1. The van der Waals surface area contributed by atoms with Crippen molar-refractivity contribution in [3.05, 3.63) is 87.2 Å². The molecule has 0 radical (unpaired) electrons. The number of halogens is 1. The zero-order valence-electron chi connectivity index (χ0n) is 21.2. The van der Waals surface area contributed by atoms with E-state index >= 15 is 0 Å². The minimum atomic E-state index is -0.248. The van der Waals surface area contributed by atoms with Gasteiger partial charge in [0.2, 0.25) is 0 Å². The number of carbonyl (C=O) groups excluding carboxylic acids is 1. The molecule has 1 heterocycles. The molecule has 0 aliphatic heterocycles. The summed E-state index contributed by atoms with van der Waals surface area (Å²) in [6.45, 7) is 0. The van der Waals surface area contributed by atoms with Gasteiger partial charge in [-0.2, -0.15) is 0 Å². The quantitative estimate of drug-likeness (QED) is 0.214. The van der Waals surface area contributed by atoms with E-state index in [9.17, 15) is 9.59 Å². The highest BCUT2D eigenvalue weighted by Crippen LogP contribution is 2.30. The molecule has 9 heteroatoms. The first-order valence-corrected chi connectivity index (χ1v) is 13.8. The van der Waals surface area contributed by atoms with Gasteiger partial charge >= 0.3 is 0 Å². The van der Waals surface area contributed by atoms with Crippen LogP contribution in [0.3, 0.4) is 0 Å². The molecule has 5 rings (SSSR count). The van der Waals surface area contributed by atoms with Gasteiger partial charge in [-0.05, 0) is 48.7 Å². The number of amides is 1. The van der Waals surface area contributed by atoms with E-state index in [1.165, 1.54) is 11.8 Å². The summed E-state index contributed by atoms with van der Waals surface area (Å²) in [5.74, 6) is 1.50. The molecule has 3 aromatic carbocycles. The molecule has 1 amide bonds. The minimum absolute atomic E-state index is 0.143. The maximum atomic E-state index is 13.9. The van der Waals surface area contributed by atoms with Crippen molar-refractivity contribution in [1.29, 1.82) is 0 Å². The van der Waals surface area contributed by atoms with Crippen LogP contribution in [-0.2, 0) is 5.75 Å². The van der Waals surface area contributed by atoms with Gasteiger partial charge in [-0.3, -0.25) is 14.2 Å². The Morgan fingerprint density at radius 3 is 2.47 bits per heavy atom. The van der Waals surface area contributed by atoms with Gasteiger partial charge < -0.3 is 14.8 Å². The first-order valence-electron chi connectivity index (χ1n) is 12.4. The lowest BCUT2D eigenvalue weighted by Gasteiger charge is -2.16. The number of benzene rings is 3. The molecule has 0 bridgehead atoms. The highest BCUT2D eigenvalue weighted by Gasteiger charge is 2.20. The van der Waals surface area contributed by atoms with Crippen molar-refractivity contribution in [1.82, 2.24) is 14.9 Å². The monoisotopic (exact) mass is 549 g/mol. The zero-order chi connectivity index (χ0) is 26.6. The Morgan fingerprint density at radius 1 is 1.05 bits per heavy atom. The van der Waals surface area contributed by atoms with Crippen molar-refractivity contribution < 1.29 is 14.3 Å². The number of rotatable bonds is 8. The average molecular weight is 550 g/mol. The summed E-state index contributed by atoms with van der Waals surface area (Å²) in [7, 11) is 3.12. The summed E-state index contributed by atoms with van der Waals surface area (Å²) in [5, 5.41) is 4.64. The summed E-state index contributed by atoms with van der Waals surface area (Å²) >= 11 is 7.60. The molecular weight excluding hydrogens is 522 g/mol. The molecule has 0 unspecified atom stereocenters. The summed E-state index contributed by atoms with van der Waals surface area (Å²) < 4.78 is 12.4. The van der Waals surface area contributed by atoms with E-state index in [1.54, 1.807) is 55.2 Å². The molecule has 1 aromatic heterocycles. The second-order valence-electron chi connectivity index (χ2n) is 9.21. The largest absolute Gasteiger partial charge is 0.497 e. The predicted molar refractivity (Wildman–Crippen MR) is 151 cm³/mol. The normalized spacial score (nSPS) is 13.6. The van der Waals surface area contributed by atoms with Crippen LogP contribution in [0.15, 0.2) is 70.6 Å². The predicted octanol–water partition coefficient (Wildman–Crippen LogP) is 6.02. The number of thioether (sulfide) groups is 1. The first-order chi connectivity index (χ1) is 18.4. The first kappa shape index (κ1) is 26.1. The van der Waals surface area contributed by atoms with E-state index in [2.05, 4.69) is 5.32 Å². The Labute approximate surface area is 230 Å². The second-order valence-corrected chi connectivity index (χ2v) is 10.6. The molecule has 0 atom stereocenters. The molecule has 196 valence electrons. The molecule has 1 fully saturated rings. The van der Waals surface area contributed by atoms with Crippen molar-refractivity contribution in [2.24, 2.45) is 0 Å². The number of nitrogens with zero attached hydrogens (tertiary/aromatic N) is 2. The number of nitrogens with one attached hydrogen (secondary N) is 1. The smallest absolute Gasteiger partial charge is 0.266 e. The van der Waals surface area contributed by atoms with Gasteiger partial charge in [-0.15, -0.1) is 0 Å². The molecule has 38 heavy (non-hydrogen) atoms. The maximum absolute atomic E-state index is 13.9.